The minimum absolute atomic E-state index is 0.107. The summed E-state index contributed by atoms with van der Waals surface area (Å²) in [5.41, 5.74) is 9.00. The molecule has 164 valence electrons. The predicted octanol–water partition coefficient (Wildman–Crippen LogP) is 4.91. The van der Waals surface area contributed by atoms with Crippen molar-refractivity contribution in [3.8, 4) is 23.0 Å². The number of aromatic amines is 1. The van der Waals surface area contributed by atoms with Crippen LogP contribution in [0.1, 0.15) is 41.7 Å². The number of nitrogens with two attached hydrogens (primary N) is 1. The maximum Gasteiger partial charge on any atom is 0.298 e. The molecule has 6 heteroatoms. The first kappa shape index (κ1) is 20.8. The number of nitrogens with zero attached hydrogens (tertiary/aromatic N) is 1. The van der Waals surface area contributed by atoms with Crippen molar-refractivity contribution >= 4 is 33.6 Å². The fraction of sp³-hybridized carbons (Fsp3) is 0.185. The van der Waals surface area contributed by atoms with Gasteiger partial charge in [0.05, 0.1) is 17.1 Å². The highest BCUT2D eigenvalue weighted by atomic mass is 19.1. The van der Waals surface area contributed by atoms with Gasteiger partial charge in [-0.1, -0.05) is 42.3 Å². The first-order chi connectivity index (χ1) is 16.0. The van der Waals surface area contributed by atoms with Gasteiger partial charge in [-0.25, -0.2) is 4.39 Å². The molecule has 0 spiro atoms. The highest BCUT2D eigenvalue weighted by Gasteiger charge is 2.30. The number of H-pyrrole nitrogens is 1. The lowest BCUT2D eigenvalue weighted by Crippen LogP contribution is -2.29. The third-order valence-corrected chi connectivity index (χ3v) is 6.31. The molecule has 0 aliphatic carbocycles. The van der Waals surface area contributed by atoms with E-state index in [1.165, 1.54) is 6.07 Å². The van der Waals surface area contributed by atoms with Crippen LogP contribution in [0, 0.1) is 17.7 Å². The average molecular weight is 439 g/mol. The molecule has 1 aliphatic heterocycles. The number of halogens is 1. The molecule has 2 heterocycles. The van der Waals surface area contributed by atoms with E-state index >= 15 is 4.39 Å². The number of likely N-dealkylation sites (tertiary alicyclic amines) is 1. The van der Waals surface area contributed by atoms with Crippen molar-refractivity contribution in [1.29, 1.82) is 0 Å². The number of fused-ring (bicyclic) bond motifs is 3. The van der Waals surface area contributed by atoms with E-state index in [1.54, 1.807) is 11.8 Å². The molecule has 33 heavy (non-hydrogen) atoms. The zero-order chi connectivity index (χ0) is 23.1. The first-order valence-corrected chi connectivity index (χ1v) is 10.9. The summed E-state index contributed by atoms with van der Waals surface area (Å²) in [7, 11) is 0. The van der Waals surface area contributed by atoms with Gasteiger partial charge in [0.25, 0.3) is 11.8 Å². The number of hydrogen-bond acceptors (Lipinski definition) is 2. The van der Waals surface area contributed by atoms with Gasteiger partial charge < -0.3 is 15.6 Å². The zero-order valence-electron chi connectivity index (χ0n) is 18.1. The van der Waals surface area contributed by atoms with E-state index in [-0.39, 0.29) is 17.5 Å². The molecule has 1 atom stereocenters. The van der Waals surface area contributed by atoms with Crippen molar-refractivity contribution < 1.29 is 14.0 Å². The maximum absolute atomic E-state index is 15.5. The van der Waals surface area contributed by atoms with Crippen LogP contribution in [-0.2, 0) is 4.79 Å². The zero-order valence-corrected chi connectivity index (χ0v) is 18.1. The summed E-state index contributed by atoms with van der Waals surface area (Å²) in [4.78, 5) is 29.5. The predicted molar refractivity (Wildman–Crippen MR) is 127 cm³/mol. The van der Waals surface area contributed by atoms with Gasteiger partial charge in [-0.2, -0.15) is 0 Å². The molecule has 5 nitrogen and oxygen atoms in total. The molecule has 3 aromatic carbocycles. The van der Waals surface area contributed by atoms with E-state index in [0.29, 0.717) is 28.6 Å². The molecular formula is C27H22FN3O2. The SMILES string of the molecule is CC#CC(=O)N1CCCC1c1cccc(-c2c(F)cc(C(N)=O)c3[nH]c4ccccc4c23)c1. The average Bonchev–Trinajstić information content (AvgIpc) is 3.44. The van der Waals surface area contributed by atoms with E-state index < -0.39 is 11.7 Å². The summed E-state index contributed by atoms with van der Waals surface area (Å²) in [6.07, 6.45) is 1.71. The second-order valence-corrected chi connectivity index (χ2v) is 8.22. The van der Waals surface area contributed by atoms with Crippen molar-refractivity contribution in [3.05, 3.63) is 71.5 Å². The quantitative estimate of drug-likeness (QED) is 0.445. The maximum atomic E-state index is 15.5. The number of hydrogen-bond donors (Lipinski definition) is 2. The molecule has 1 aliphatic rings. The number of benzene rings is 3. The lowest BCUT2D eigenvalue weighted by molar-refractivity contribution is -0.126. The Labute approximate surface area is 190 Å². The Morgan fingerprint density at radius 2 is 1.97 bits per heavy atom. The summed E-state index contributed by atoms with van der Waals surface area (Å²) in [6, 6.07) is 16.2. The van der Waals surface area contributed by atoms with Crippen LogP contribution >= 0.6 is 0 Å². The highest BCUT2D eigenvalue weighted by molar-refractivity contribution is 6.19. The lowest BCUT2D eigenvalue weighted by atomic mass is 9.93. The van der Waals surface area contributed by atoms with Crippen molar-refractivity contribution in [3.63, 3.8) is 0 Å². The third-order valence-electron chi connectivity index (χ3n) is 6.31. The smallest absolute Gasteiger partial charge is 0.298 e. The van der Waals surface area contributed by atoms with Crippen LogP contribution in [0.25, 0.3) is 32.9 Å². The number of carbonyl (C=O) groups is 2. The summed E-state index contributed by atoms with van der Waals surface area (Å²) < 4.78 is 15.5. The fourth-order valence-electron chi connectivity index (χ4n) is 4.91. The summed E-state index contributed by atoms with van der Waals surface area (Å²) in [5, 5.41) is 1.43. The molecular weight excluding hydrogens is 417 g/mol. The van der Waals surface area contributed by atoms with Crippen LogP contribution in [0.4, 0.5) is 4.39 Å². The molecule has 1 saturated heterocycles. The van der Waals surface area contributed by atoms with E-state index in [2.05, 4.69) is 16.8 Å². The Balaban J connectivity index is 1.72. The fourth-order valence-corrected chi connectivity index (χ4v) is 4.91. The number of rotatable bonds is 3. The molecule has 5 rings (SSSR count). The van der Waals surface area contributed by atoms with Gasteiger partial charge in [0.15, 0.2) is 0 Å². The number of nitrogens with one attached hydrogen (secondary N) is 1. The van der Waals surface area contributed by atoms with Gasteiger partial charge >= 0.3 is 0 Å². The number of para-hydroxylation sites is 1. The van der Waals surface area contributed by atoms with Crippen LogP contribution in [0.3, 0.4) is 0 Å². The van der Waals surface area contributed by atoms with Crippen molar-refractivity contribution in [1.82, 2.24) is 9.88 Å². The summed E-state index contributed by atoms with van der Waals surface area (Å²) in [6.45, 7) is 2.30. The van der Waals surface area contributed by atoms with Crippen LogP contribution in [-0.4, -0.2) is 28.2 Å². The van der Waals surface area contributed by atoms with Gasteiger partial charge in [-0.05, 0) is 55.0 Å². The third kappa shape index (κ3) is 3.42. The number of carbonyl (C=O) groups excluding carboxylic acids is 2. The Morgan fingerprint density at radius 3 is 2.76 bits per heavy atom. The molecule has 0 radical (unpaired) electrons. The molecule has 1 aromatic heterocycles. The van der Waals surface area contributed by atoms with Gasteiger partial charge in [0, 0.05) is 28.4 Å². The minimum atomic E-state index is -0.692. The largest absolute Gasteiger partial charge is 0.366 e. The number of aromatic nitrogens is 1. The topological polar surface area (TPSA) is 79.2 Å². The first-order valence-electron chi connectivity index (χ1n) is 10.9. The molecule has 1 fully saturated rings. The monoisotopic (exact) mass is 439 g/mol. The highest BCUT2D eigenvalue weighted by Crippen LogP contribution is 2.40. The molecule has 0 saturated carbocycles. The van der Waals surface area contributed by atoms with Crippen molar-refractivity contribution in [2.45, 2.75) is 25.8 Å². The Kier molecular flexibility index (Phi) is 5.10. The van der Waals surface area contributed by atoms with Crippen molar-refractivity contribution in [2.24, 2.45) is 5.73 Å². The van der Waals surface area contributed by atoms with Crippen LogP contribution in [0.2, 0.25) is 0 Å². The molecule has 3 N–H and O–H groups in total. The molecule has 2 amide bonds. The van der Waals surface area contributed by atoms with E-state index in [9.17, 15) is 9.59 Å². The summed E-state index contributed by atoms with van der Waals surface area (Å²) in [5.74, 6) is 3.90. The van der Waals surface area contributed by atoms with E-state index in [1.807, 2.05) is 48.5 Å². The van der Waals surface area contributed by atoms with E-state index in [4.69, 9.17) is 5.73 Å². The number of primary amides is 1. The number of amides is 2. The Hall–Kier alpha value is -4.11. The van der Waals surface area contributed by atoms with Gasteiger partial charge in [-0.3, -0.25) is 9.59 Å². The second kappa shape index (κ2) is 8.10. The second-order valence-electron chi connectivity index (χ2n) is 8.22. The normalized spacial score (nSPS) is 15.6. The van der Waals surface area contributed by atoms with Crippen LogP contribution in [0.15, 0.2) is 54.6 Å². The Bertz CT molecular complexity index is 1490. The van der Waals surface area contributed by atoms with Crippen LogP contribution < -0.4 is 5.73 Å². The van der Waals surface area contributed by atoms with Crippen molar-refractivity contribution in [2.75, 3.05) is 6.54 Å². The summed E-state index contributed by atoms with van der Waals surface area (Å²) >= 11 is 0. The standard InChI is InChI=1S/C27H22FN3O2/c1-2-7-23(32)31-13-6-12-22(31)16-8-5-9-17(14-16)24-20(28)15-19(27(29)33)26-25(24)18-10-3-4-11-21(18)30-26/h3-5,8-11,14-15,22,30H,6,12-13H2,1H3,(H2,29,33). The minimum Gasteiger partial charge on any atom is -0.366 e. The van der Waals surface area contributed by atoms with Crippen LogP contribution in [0.5, 0.6) is 0 Å². The molecule has 1 unspecified atom stereocenters. The Morgan fingerprint density at radius 1 is 1.15 bits per heavy atom. The molecule has 0 bridgehead atoms. The van der Waals surface area contributed by atoms with E-state index in [0.717, 1.165) is 29.3 Å². The van der Waals surface area contributed by atoms with Gasteiger partial charge in [-0.15, -0.1) is 0 Å². The van der Waals surface area contributed by atoms with Gasteiger partial charge in [0.1, 0.15) is 5.82 Å². The lowest BCUT2D eigenvalue weighted by Gasteiger charge is -2.23. The van der Waals surface area contributed by atoms with Gasteiger partial charge in [0.2, 0.25) is 0 Å². The molecule has 4 aromatic rings.